The standard InChI is InChI=1S/C23H21ClN4O2S/c1-14-10-17(24)6-9-20(14)27-21(29)13-31-22-11-15(2)26-23-19(12-25-28(22)23)16-4-7-18(30-3)8-5-16/h4-12H,13H2,1-3H3,(H,27,29). The molecule has 31 heavy (non-hydrogen) atoms. The number of aryl methyl sites for hydroxylation is 2. The minimum absolute atomic E-state index is 0.0967. The molecule has 0 unspecified atom stereocenters. The van der Waals surface area contributed by atoms with E-state index in [2.05, 4.69) is 15.4 Å². The molecule has 2 aromatic heterocycles. The van der Waals surface area contributed by atoms with Crippen molar-refractivity contribution in [1.82, 2.24) is 14.6 Å². The normalized spacial score (nSPS) is 11.0. The highest BCUT2D eigenvalue weighted by atomic mass is 35.5. The van der Waals surface area contributed by atoms with Gasteiger partial charge in [-0.1, -0.05) is 35.5 Å². The minimum Gasteiger partial charge on any atom is -0.497 e. The number of carbonyl (C=O) groups is 1. The van der Waals surface area contributed by atoms with Gasteiger partial charge in [0.1, 0.15) is 10.8 Å². The molecule has 0 spiro atoms. The maximum Gasteiger partial charge on any atom is 0.234 e. The van der Waals surface area contributed by atoms with Gasteiger partial charge in [0.05, 0.1) is 19.1 Å². The Balaban J connectivity index is 1.55. The van der Waals surface area contributed by atoms with Crippen LogP contribution < -0.4 is 10.1 Å². The number of hydrogen-bond acceptors (Lipinski definition) is 5. The van der Waals surface area contributed by atoms with Crippen LogP contribution in [0.4, 0.5) is 5.69 Å². The Morgan fingerprint density at radius 2 is 1.94 bits per heavy atom. The van der Waals surface area contributed by atoms with E-state index >= 15 is 0 Å². The molecule has 0 radical (unpaired) electrons. The Morgan fingerprint density at radius 1 is 1.16 bits per heavy atom. The number of methoxy groups -OCH3 is 1. The van der Waals surface area contributed by atoms with Gasteiger partial charge in [0.2, 0.25) is 5.91 Å². The fraction of sp³-hybridized carbons (Fsp3) is 0.174. The summed E-state index contributed by atoms with van der Waals surface area (Å²) in [5.74, 6) is 0.946. The lowest BCUT2D eigenvalue weighted by Crippen LogP contribution is -2.15. The summed E-state index contributed by atoms with van der Waals surface area (Å²) in [4.78, 5) is 17.2. The van der Waals surface area contributed by atoms with Gasteiger partial charge in [-0.15, -0.1) is 0 Å². The van der Waals surface area contributed by atoms with Crippen molar-refractivity contribution in [2.24, 2.45) is 0 Å². The smallest absolute Gasteiger partial charge is 0.234 e. The highest BCUT2D eigenvalue weighted by Crippen LogP contribution is 2.29. The van der Waals surface area contributed by atoms with E-state index in [1.165, 1.54) is 11.8 Å². The number of ether oxygens (including phenoxy) is 1. The Bertz CT molecular complexity index is 1250. The van der Waals surface area contributed by atoms with Crippen molar-refractivity contribution in [2.75, 3.05) is 18.2 Å². The van der Waals surface area contributed by atoms with Crippen molar-refractivity contribution in [2.45, 2.75) is 18.9 Å². The van der Waals surface area contributed by atoms with Crippen LogP contribution in [0, 0.1) is 13.8 Å². The monoisotopic (exact) mass is 452 g/mol. The van der Waals surface area contributed by atoms with Crippen LogP contribution in [0.3, 0.4) is 0 Å². The number of nitrogens with one attached hydrogen (secondary N) is 1. The zero-order chi connectivity index (χ0) is 22.0. The third-order valence-electron chi connectivity index (χ3n) is 4.78. The summed E-state index contributed by atoms with van der Waals surface area (Å²) in [5, 5.41) is 8.95. The van der Waals surface area contributed by atoms with E-state index < -0.39 is 0 Å². The summed E-state index contributed by atoms with van der Waals surface area (Å²) in [6.07, 6.45) is 1.80. The number of nitrogens with zero attached hydrogens (tertiary/aromatic N) is 3. The summed E-state index contributed by atoms with van der Waals surface area (Å²) in [6, 6.07) is 15.1. The average molecular weight is 453 g/mol. The van der Waals surface area contributed by atoms with E-state index in [9.17, 15) is 4.79 Å². The van der Waals surface area contributed by atoms with Gasteiger partial charge in [-0.05, 0) is 61.4 Å². The zero-order valence-corrected chi connectivity index (χ0v) is 18.9. The first-order valence-corrected chi connectivity index (χ1v) is 11.0. The molecule has 6 nitrogen and oxygen atoms in total. The highest BCUT2D eigenvalue weighted by Gasteiger charge is 2.14. The van der Waals surface area contributed by atoms with Gasteiger partial charge in [0.25, 0.3) is 0 Å². The van der Waals surface area contributed by atoms with Crippen LogP contribution in [0.2, 0.25) is 5.02 Å². The molecule has 158 valence electrons. The maximum atomic E-state index is 12.5. The molecule has 0 saturated heterocycles. The summed E-state index contributed by atoms with van der Waals surface area (Å²) in [6.45, 7) is 3.85. The Kier molecular flexibility index (Phi) is 6.15. The molecule has 0 fully saturated rings. The molecule has 0 aliphatic carbocycles. The number of halogens is 1. The van der Waals surface area contributed by atoms with Crippen molar-refractivity contribution < 1.29 is 9.53 Å². The lowest BCUT2D eigenvalue weighted by molar-refractivity contribution is -0.113. The summed E-state index contributed by atoms with van der Waals surface area (Å²) in [7, 11) is 1.64. The van der Waals surface area contributed by atoms with E-state index in [0.717, 1.165) is 44.5 Å². The first-order valence-electron chi connectivity index (χ1n) is 9.63. The molecule has 1 N–H and O–H groups in total. The van der Waals surface area contributed by atoms with E-state index in [4.69, 9.17) is 16.3 Å². The van der Waals surface area contributed by atoms with E-state index in [0.29, 0.717) is 5.02 Å². The van der Waals surface area contributed by atoms with E-state index in [-0.39, 0.29) is 11.7 Å². The number of fused-ring (bicyclic) bond motifs is 1. The molecule has 4 rings (SSSR count). The molecule has 0 bridgehead atoms. The van der Waals surface area contributed by atoms with Gasteiger partial charge in [0, 0.05) is 22.0 Å². The summed E-state index contributed by atoms with van der Waals surface area (Å²) >= 11 is 7.41. The predicted molar refractivity (Wildman–Crippen MR) is 125 cm³/mol. The Morgan fingerprint density at radius 3 is 2.65 bits per heavy atom. The molecule has 0 aliphatic heterocycles. The molecule has 2 heterocycles. The quantitative estimate of drug-likeness (QED) is 0.313. The molecule has 0 saturated carbocycles. The second-order valence-electron chi connectivity index (χ2n) is 7.05. The van der Waals surface area contributed by atoms with Crippen LogP contribution in [0.15, 0.2) is 59.8 Å². The second-order valence-corrected chi connectivity index (χ2v) is 8.49. The summed E-state index contributed by atoms with van der Waals surface area (Å²) in [5.41, 5.74) is 5.22. The molecular weight excluding hydrogens is 432 g/mol. The topological polar surface area (TPSA) is 68.5 Å². The molecule has 0 aliphatic rings. The van der Waals surface area contributed by atoms with Gasteiger partial charge in [-0.25, -0.2) is 9.50 Å². The van der Waals surface area contributed by atoms with Crippen LogP contribution in [-0.2, 0) is 4.79 Å². The minimum atomic E-state index is -0.0967. The first kappa shape index (κ1) is 21.2. The molecular formula is C23H21ClN4O2S. The van der Waals surface area contributed by atoms with Crippen LogP contribution in [0.1, 0.15) is 11.3 Å². The number of aromatic nitrogens is 3. The third-order valence-corrected chi connectivity index (χ3v) is 6.01. The molecule has 8 heteroatoms. The van der Waals surface area contributed by atoms with Gasteiger partial charge in [-0.3, -0.25) is 4.79 Å². The van der Waals surface area contributed by atoms with Crippen molar-refractivity contribution in [1.29, 1.82) is 0 Å². The van der Waals surface area contributed by atoms with Crippen molar-refractivity contribution in [3.8, 4) is 16.9 Å². The molecule has 1 amide bonds. The van der Waals surface area contributed by atoms with E-state index in [1.807, 2.05) is 56.3 Å². The largest absolute Gasteiger partial charge is 0.497 e. The van der Waals surface area contributed by atoms with Gasteiger partial charge in [-0.2, -0.15) is 5.10 Å². The first-order chi connectivity index (χ1) is 14.9. The second kappa shape index (κ2) is 8.99. The lowest BCUT2D eigenvalue weighted by atomic mass is 10.1. The predicted octanol–water partition coefficient (Wildman–Crippen LogP) is 5.41. The number of thioether (sulfide) groups is 1. The number of amides is 1. The van der Waals surface area contributed by atoms with Crippen LogP contribution in [0.5, 0.6) is 5.75 Å². The third kappa shape index (κ3) is 4.68. The number of hydrogen-bond donors (Lipinski definition) is 1. The molecule has 2 aromatic carbocycles. The van der Waals surface area contributed by atoms with Crippen molar-refractivity contribution in [3.63, 3.8) is 0 Å². The van der Waals surface area contributed by atoms with Gasteiger partial charge < -0.3 is 10.1 Å². The van der Waals surface area contributed by atoms with Gasteiger partial charge >= 0.3 is 0 Å². The molecule has 4 aromatic rings. The van der Waals surface area contributed by atoms with Crippen LogP contribution in [0.25, 0.3) is 16.8 Å². The van der Waals surface area contributed by atoms with Crippen LogP contribution in [-0.4, -0.2) is 33.4 Å². The SMILES string of the molecule is COc1ccc(-c2cnn3c(SCC(=O)Nc4ccc(Cl)cc4C)cc(C)nc23)cc1. The van der Waals surface area contributed by atoms with E-state index in [1.54, 1.807) is 23.9 Å². The number of carbonyl (C=O) groups excluding carboxylic acids is 1. The fourth-order valence-electron chi connectivity index (χ4n) is 3.22. The number of benzene rings is 2. The van der Waals surface area contributed by atoms with Crippen LogP contribution >= 0.6 is 23.4 Å². The maximum absolute atomic E-state index is 12.5. The number of anilines is 1. The van der Waals surface area contributed by atoms with Crippen molar-refractivity contribution in [3.05, 3.63) is 71.0 Å². The lowest BCUT2D eigenvalue weighted by Gasteiger charge is -2.10. The highest BCUT2D eigenvalue weighted by molar-refractivity contribution is 7.99. The Labute approximate surface area is 189 Å². The zero-order valence-electron chi connectivity index (χ0n) is 17.3. The average Bonchev–Trinajstić information content (AvgIpc) is 3.18. The van der Waals surface area contributed by atoms with Gasteiger partial charge in [0.15, 0.2) is 5.65 Å². The van der Waals surface area contributed by atoms with Crippen molar-refractivity contribution >= 4 is 40.6 Å². The fourth-order valence-corrected chi connectivity index (χ4v) is 4.31. The Hall–Kier alpha value is -3.03. The summed E-state index contributed by atoms with van der Waals surface area (Å²) < 4.78 is 7.01. The molecule has 0 atom stereocenters. The number of rotatable bonds is 6.